The number of nitrogens with zero attached hydrogens (tertiary/aromatic N) is 1. The second-order valence-electron chi connectivity index (χ2n) is 6.56. The Hall–Kier alpha value is -2.40. The molecule has 2 amide bonds. The van der Waals surface area contributed by atoms with E-state index in [4.69, 9.17) is 0 Å². The molecule has 0 bridgehead atoms. The molecule has 1 atom stereocenters. The van der Waals surface area contributed by atoms with E-state index in [-0.39, 0.29) is 18.0 Å². The quantitative estimate of drug-likeness (QED) is 0.764. The minimum Gasteiger partial charge on any atom is -0.387 e. The molecule has 5 heteroatoms. The summed E-state index contributed by atoms with van der Waals surface area (Å²) in [6.45, 7) is 6.72. The Morgan fingerprint density at radius 1 is 1.17 bits per heavy atom. The van der Waals surface area contributed by atoms with Gasteiger partial charge in [0.25, 0.3) is 0 Å². The van der Waals surface area contributed by atoms with Crippen molar-refractivity contribution in [3.63, 3.8) is 0 Å². The van der Waals surface area contributed by atoms with Gasteiger partial charge in [0.05, 0.1) is 6.10 Å². The predicted octanol–water partition coefficient (Wildman–Crippen LogP) is 2.70. The predicted molar refractivity (Wildman–Crippen MR) is 94.8 cm³/mol. The van der Waals surface area contributed by atoms with Gasteiger partial charge in [-0.05, 0) is 35.7 Å². The summed E-state index contributed by atoms with van der Waals surface area (Å²) < 4.78 is 0. The van der Waals surface area contributed by atoms with Crippen molar-refractivity contribution in [1.82, 2.24) is 15.6 Å². The number of rotatable bonds is 6. The van der Waals surface area contributed by atoms with E-state index in [1.165, 1.54) is 0 Å². The highest BCUT2D eigenvalue weighted by Gasteiger charge is 2.21. The highest BCUT2D eigenvalue weighted by atomic mass is 16.3. The maximum Gasteiger partial charge on any atom is 0.314 e. The molecule has 0 aliphatic heterocycles. The van der Waals surface area contributed by atoms with Gasteiger partial charge in [0, 0.05) is 30.9 Å². The average molecular weight is 327 g/mol. The standard InChI is InChI=1S/C19H25N3O2/c1-14-6-4-5-7-16(14)17(23)12-21-18(24)22-13-19(2,3)15-8-10-20-11-9-15/h4-11,17,23H,12-13H2,1-3H3,(H2,21,22,24). The van der Waals surface area contributed by atoms with Crippen LogP contribution in [0.5, 0.6) is 0 Å². The van der Waals surface area contributed by atoms with Crippen LogP contribution in [0.1, 0.15) is 36.6 Å². The lowest BCUT2D eigenvalue weighted by Crippen LogP contribution is -2.43. The number of aryl methyl sites for hydroxylation is 1. The molecule has 1 unspecified atom stereocenters. The Labute approximate surface area is 143 Å². The lowest BCUT2D eigenvalue weighted by Gasteiger charge is -2.25. The maximum atomic E-state index is 12.0. The van der Waals surface area contributed by atoms with Crippen LogP contribution in [0.15, 0.2) is 48.8 Å². The third kappa shape index (κ3) is 4.80. The zero-order valence-corrected chi connectivity index (χ0v) is 14.4. The molecule has 0 fully saturated rings. The Morgan fingerprint density at radius 3 is 2.50 bits per heavy atom. The first-order valence-corrected chi connectivity index (χ1v) is 8.06. The molecule has 0 aliphatic carbocycles. The van der Waals surface area contributed by atoms with Crippen molar-refractivity contribution < 1.29 is 9.90 Å². The van der Waals surface area contributed by atoms with Crippen molar-refractivity contribution in [2.75, 3.05) is 13.1 Å². The van der Waals surface area contributed by atoms with Crippen LogP contribution in [-0.2, 0) is 5.41 Å². The van der Waals surface area contributed by atoms with E-state index in [9.17, 15) is 9.90 Å². The fourth-order valence-electron chi connectivity index (χ4n) is 2.53. The Morgan fingerprint density at radius 2 is 1.83 bits per heavy atom. The Kier molecular flexibility index (Phi) is 5.93. The molecule has 128 valence electrons. The first-order valence-electron chi connectivity index (χ1n) is 8.06. The normalized spacial score (nSPS) is 12.5. The molecule has 5 nitrogen and oxygen atoms in total. The third-order valence-corrected chi connectivity index (χ3v) is 4.16. The molecule has 0 radical (unpaired) electrons. The first-order chi connectivity index (χ1) is 11.4. The summed E-state index contributed by atoms with van der Waals surface area (Å²) in [4.78, 5) is 16.0. The van der Waals surface area contributed by atoms with Crippen LogP contribution in [-0.4, -0.2) is 29.2 Å². The zero-order valence-electron chi connectivity index (χ0n) is 14.4. The number of urea groups is 1. The summed E-state index contributed by atoms with van der Waals surface area (Å²) in [5, 5.41) is 15.8. The number of amides is 2. The zero-order chi connectivity index (χ0) is 17.6. The number of carbonyl (C=O) groups is 1. The van der Waals surface area contributed by atoms with Crippen molar-refractivity contribution >= 4 is 6.03 Å². The number of carbonyl (C=O) groups excluding carboxylic acids is 1. The summed E-state index contributed by atoms with van der Waals surface area (Å²) in [5.74, 6) is 0. The minimum atomic E-state index is -0.717. The number of benzene rings is 1. The van der Waals surface area contributed by atoms with Crippen molar-refractivity contribution in [3.8, 4) is 0 Å². The third-order valence-electron chi connectivity index (χ3n) is 4.16. The monoisotopic (exact) mass is 327 g/mol. The first kappa shape index (κ1) is 17.9. The lowest BCUT2D eigenvalue weighted by molar-refractivity contribution is 0.172. The fraction of sp³-hybridized carbons (Fsp3) is 0.368. The smallest absolute Gasteiger partial charge is 0.314 e. The van der Waals surface area contributed by atoms with Gasteiger partial charge in [-0.15, -0.1) is 0 Å². The summed E-state index contributed by atoms with van der Waals surface area (Å²) in [5.41, 5.74) is 2.74. The average Bonchev–Trinajstić information content (AvgIpc) is 2.59. The van der Waals surface area contributed by atoms with Crippen molar-refractivity contribution in [2.45, 2.75) is 32.3 Å². The lowest BCUT2D eigenvalue weighted by atomic mass is 9.85. The van der Waals surface area contributed by atoms with E-state index in [1.54, 1.807) is 12.4 Å². The molecule has 1 aromatic heterocycles. The Balaban J connectivity index is 1.82. The van der Waals surface area contributed by atoms with Crippen LogP contribution in [0, 0.1) is 6.92 Å². The number of aromatic nitrogens is 1. The molecule has 0 saturated heterocycles. The summed E-state index contributed by atoms with van der Waals surface area (Å²) in [7, 11) is 0. The van der Waals surface area contributed by atoms with E-state index in [0.29, 0.717) is 6.54 Å². The highest BCUT2D eigenvalue weighted by Crippen LogP contribution is 2.21. The van der Waals surface area contributed by atoms with Gasteiger partial charge < -0.3 is 15.7 Å². The highest BCUT2D eigenvalue weighted by molar-refractivity contribution is 5.74. The minimum absolute atomic E-state index is 0.173. The van der Waals surface area contributed by atoms with E-state index in [0.717, 1.165) is 16.7 Å². The summed E-state index contributed by atoms with van der Waals surface area (Å²) in [6.07, 6.45) is 2.77. The molecule has 1 heterocycles. The van der Waals surface area contributed by atoms with E-state index >= 15 is 0 Å². The molecule has 0 aliphatic rings. The molecular formula is C19H25N3O2. The summed E-state index contributed by atoms with van der Waals surface area (Å²) >= 11 is 0. The number of hydrogen-bond donors (Lipinski definition) is 3. The second kappa shape index (κ2) is 7.93. The van der Waals surface area contributed by atoms with Gasteiger partial charge in [0.15, 0.2) is 0 Å². The topological polar surface area (TPSA) is 74.2 Å². The molecule has 24 heavy (non-hydrogen) atoms. The van der Waals surface area contributed by atoms with E-state index in [2.05, 4.69) is 29.5 Å². The van der Waals surface area contributed by atoms with Crippen LogP contribution < -0.4 is 10.6 Å². The van der Waals surface area contributed by atoms with Crippen LogP contribution >= 0.6 is 0 Å². The van der Waals surface area contributed by atoms with E-state index in [1.807, 2.05) is 43.3 Å². The fourth-order valence-corrected chi connectivity index (χ4v) is 2.53. The van der Waals surface area contributed by atoms with Gasteiger partial charge in [0.1, 0.15) is 0 Å². The SMILES string of the molecule is Cc1ccccc1C(O)CNC(=O)NCC(C)(C)c1ccncc1. The van der Waals surface area contributed by atoms with Crippen molar-refractivity contribution in [2.24, 2.45) is 0 Å². The number of hydrogen-bond acceptors (Lipinski definition) is 3. The number of pyridine rings is 1. The van der Waals surface area contributed by atoms with Crippen LogP contribution in [0.3, 0.4) is 0 Å². The molecule has 0 saturated carbocycles. The van der Waals surface area contributed by atoms with Gasteiger partial charge in [-0.3, -0.25) is 4.98 Å². The van der Waals surface area contributed by atoms with Gasteiger partial charge in [-0.1, -0.05) is 38.1 Å². The van der Waals surface area contributed by atoms with Gasteiger partial charge in [-0.25, -0.2) is 4.79 Å². The number of aliphatic hydroxyl groups is 1. The summed E-state index contributed by atoms with van der Waals surface area (Å²) in [6, 6.07) is 11.2. The van der Waals surface area contributed by atoms with Crippen LogP contribution in [0.25, 0.3) is 0 Å². The number of nitrogens with one attached hydrogen (secondary N) is 2. The number of aliphatic hydroxyl groups excluding tert-OH is 1. The van der Waals surface area contributed by atoms with Crippen LogP contribution in [0.4, 0.5) is 4.79 Å². The van der Waals surface area contributed by atoms with Gasteiger partial charge in [-0.2, -0.15) is 0 Å². The molecule has 0 spiro atoms. The van der Waals surface area contributed by atoms with Gasteiger partial charge >= 0.3 is 6.03 Å². The van der Waals surface area contributed by atoms with Gasteiger partial charge in [0.2, 0.25) is 0 Å². The van der Waals surface area contributed by atoms with E-state index < -0.39 is 6.10 Å². The van der Waals surface area contributed by atoms with Crippen molar-refractivity contribution in [3.05, 3.63) is 65.5 Å². The van der Waals surface area contributed by atoms with Crippen molar-refractivity contribution in [1.29, 1.82) is 0 Å². The molecule has 3 N–H and O–H groups in total. The molecule has 1 aromatic carbocycles. The maximum absolute atomic E-state index is 12.0. The Bertz CT molecular complexity index is 671. The molecule has 2 rings (SSSR count). The molecule has 2 aromatic rings. The molecular weight excluding hydrogens is 302 g/mol. The largest absolute Gasteiger partial charge is 0.387 e. The second-order valence-corrected chi connectivity index (χ2v) is 6.56. The van der Waals surface area contributed by atoms with Crippen LogP contribution in [0.2, 0.25) is 0 Å².